The Labute approximate surface area is 103 Å². The van der Waals surface area contributed by atoms with Crippen LogP contribution in [0.25, 0.3) is 0 Å². The molecule has 0 aromatic heterocycles. The zero-order valence-corrected chi connectivity index (χ0v) is 10.8. The van der Waals surface area contributed by atoms with Crippen molar-refractivity contribution >= 4 is 0 Å². The number of likely N-dealkylation sites (N-methyl/N-ethyl adjacent to an activating group) is 1. The lowest BCUT2D eigenvalue weighted by Crippen LogP contribution is -2.37. The second-order valence-electron chi connectivity index (χ2n) is 4.45. The lowest BCUT2D eigenvalue weighted by molar-refractivity contribution is 0.217. The van der Waals surface area contributed by atoms with Crippen LogP contribution in [0.5, 0.6) is 5.75 Å². The topological polar surface area (TPSA) is 58.7 Å². The summed E-state index contributed by atoms with van der Waals surface area (Å²) in [6.07, 6.45) is 0. The Hall–Kier alpha value is -1.10. The molecule has 0 aliphatic rings. The number of hydrogen-bond donors (Lipinski definition) is 2. The molecule has 0 heterocycles. The first-order valence-corrected chi connectivity index (χ1v) is 5.75. The van der Waals surface area contributed by atoms with Gasteiger partial charge in [-0.1, -0.05) is 17.7 Å². The molecule has 17 heavy (non-hydrogen) atoms. The predicted molar refractivity (Wildman–Crippen MR) is 69.1 cm³/mol. The van der Waals surface area contributed by atoms with Crippen molar-refractivity contribution in [1.82, 2.24) is 4.90 Å². The maximum Gasteiger partial charge on any atom is 0.123 e. The smallest absolute Gasteiger partial charge is 0.123 e. The molecule has 1 atom stereocenters. The van der Waals surface area contributed by atoms with Crippen LogP contribution < -0.4 is 10.5 Å². The van der Waals surface area contributed by atoms with E-state index in [1.54, 1.807) is 7.11 Å². The van der Waals surface area contributed by atoms with Gasteiger partial charge in [-0.15, -0.1) is 0 Å². The Morgan fingerprint density at radius 3 is 2.76 bits per heavy atom. The summed E-state index contributed by atoms with van der Waals surface area (Å²) in [7, 11) is 3.66. The Kier molecular flexibility index (Phi) is 5.41. The molecule has 1 unspecified atom stereocenters. The fraction of sp³-hybridized carbons (Fsp3) is 0.538. The van der Waals surface area contributed by atoms with E-state index in [1.807, 2.05) is 19.2 Å². The van der Waals surface area contributed by atoms with Gasteiger partial charge in [0, 0.05) is 24.7 Å². The monoisotopic (exact) mass is 238 g/mol. The van der Waals surface area contributed by atoms with Crippen molar-refractivity contribution in [2.75, 3.05) is 27.3 Å². The Morgan fingerprint density at radius 2 is 2.18 bits per heavy atom. The molecule has 0 bridgehead atoms. The number of nitrogens with two attached hydrogens (primary N) is 1. The van der Waals surface area contributed by atoms with E-state index in [9.17, 15) is 0 Å². The molecule has 1 rings (SSSR count). The fourth-order valence-electron chi connectivity index (χ4n) is 1.84. The molecule has 0 saturated carbocycles. The van der Waals surface area contributed by atoms with Crippen LogP contribution in [-0.2, 0) is 6.54 Å². The maximum absolute atomic E-state index is 8.92. The maximum atomic E-state index is 8.92. The number of nitrogens with zero attached hydrogens (tertiary/aromatic N) is 1. The predicted octanol–water partition coefficient (Wildman–Crippen LogP) is 0.755. The first kappa shape index (κ1) is 14.0. The highest BCUT2D eigenvalue weighted by molar-refractivity contribution is 5.36. The Bertz CT molecular complexity index is 355. The molecule has 0 aliphatic carbocycles. The second-order valence-corrected chi connectivity index (χ2v) is 4.45. The highest BCUT2D eigenvalue weighted by atomic mass is 16.5. The highest BCUT2D eigenvalue weighted by Gasteiger charge is 2.09. The minimum absolute atomic E-state index is 0.00922. The van der Waals surface area contributed by atoms with Crippen molar-refractivity contribution in [3.8, 4) is 5.75 Å². The fourth-order valence-corrected chi connectivity index (χ4v) is 1.84. The quantitative estimate of drug-likeness (QED) is 0.768. The molecule has 3 N–H and O–H groups in total. The molecule has 1 aromatic carbocycles. The standard InChI is InChI=1S/C13H22N2O2/c1-10-4-5-13(17-3)11(6-10)7-15(2)8-12(14)9-16/h4-6,12,16H,7-9,14H2,1-3H3. The van der Waals surface area contributed by atoms with Gasteiger partial charge in [0.2, 0.25) is 0 Å². The number of rotatable bonds is 6. The van der Waals surface area contributed by atoms with Crippen LogP contribution in [0, 0.1) is 6.92 Å². The molecular weight excluding hydrogens is 216 g/mol. The van der Waals surface area contributed by atoms with Crippen molar-refractivity contribution < 1.29 is 9.84 Å². The van der Waals surface area contributed by atoms with Crippen molar-refractivity contribution in [1.29, 1.82) is 0 Å². The summed E-state index contributed by atoms with van der Waals surface area (Å²) in [4.78, 5) is 2.08. The van der Waals surface area contributed by atoms with Gasteiger partial charge in [0.05, 0.1) is 13.7 Å². The number of ether oxygens (including phenoxy) is 1. The first-order chi connectivity index (χ1) is 8.06. The van der Waals surface area contributed by atoms with E-state index in [1.165, 1.54) is 5.56 Å². The third kappa shape index (κ3) is 4.34. The van der Waals surface area contributed by atoms with Gasteiger partial charge < -0.3 is 20.5 Å². The van der Waals surface area contributed by atoms with E-state index in [2.05, 4.69) is 17.9 Å². The number of hydrogen-bond acceptors (Lipinski definition) is 4. The molecule has 0 spiro atoms. The van der Waals surface area contributed by atoms with E-state index in [0.29, 0.717) is 6.54 Å². The van der Waals surface area contributed by atoms with Crippen molar-refractivity contribution in [3.63, 3.8) is 0 Å². The first-order valence-electron chi connectivity index (χ1n) is 5.75. The molecule has 1 aromatic rings. The molecule has 0 radical (unpaired) electrons. The van der Waals surface area contributed by atoms with Crippen molar-refractivity contribution in [2.45, 2.75) is 19.5 Å². The molecule has 0 aliphatic heterocycles. The van der Waals surface area contributed by atoms with Crippen LogP contribution in [0.4, 0.5) is 0 Å². The third-order valence-corrected chi connectivity index (χ3v) is 2.66. The second kappa shape index (κ2) is 6.59. The normalized spacial score (nSPS) is 12.8. The van der Waals surface area contributed by atoms with Crippen molar-refractivity contribution in [2.24, 2.45) is 5.73 Å². The number of methoxy groups -OCH3 is 1. The molecule has 0 fully saturated rings. The molecule has 0 amide bonds. The molecule has 4 nitrogen and oxygen atoms in total. The summed E-state index contributed by atoms with van der Waals surface area (Å²) in [5, 5.41) is 8.92. The van der Waals surface area contributed by atoms with E-state index < -0.39 is 0 Å². The summed E-state index contributed by atoms with van der Waals surface area (Å²) in [6.45, 7) is 3.49. The zero-order chi connectivity index (χ0) is 12.8. The SMILES string of the molecule is COc1ccc(C)cc1CN(C)CC(N)CO. The summed E-state index contributed by atoms with van der Waals surface area (Å²) in [5.41, 5.74) is 8.05. The van der Waals surface area contributed by atoms with Gasteiger partial charge in [0.15, 0.2) is 0 Å². The van der Waals surface area contributed by atoms with E-state index in [-0.39, 0.29) is 12.6 Å². The van der Waals surface area contributed by atoms with Gasteiger partial charge in [0.1, 0.15) is 5.75 Å². The van der Waals surface area contributed by atoms with Gasteiger partial charge in [-0.25, -0.2) is 0 Å². The summed E-state index contributed by atoms with van der Waals surface area (Å²) in [5.74, 6) is 0.889. The van der Waals surface area contributed by atoms with Crippen LogP contribution in [-0.4, -0.2) is 43.4 Å². The third-order valence-electron chi connectivity index (χ3n) is 2.66. The van der Waals surface area contributed by atoms with Crippen LogP contribution in [0.1, 0.15) is 11.1 Å². The lowest BCUT2D eigenvalue weighted by Gasteiger charge is -2.21. The summed E-state index contributed by atoms with van der Waals surface area (Å²) < 4.78 is 5.33. The minimum atomic E-state index is -0.198. The van der Waals surface area contributed by atoms with Crippen LogP contribution >= 0.6 is 0 Å². The zero-order valence-electron chi connectivity index (χ0n) is 10.8. The molecule has 4 heteroatoms. The van der Waals surface area contributed by atoms with Crippen LogP contribution in [0.15, 0.2) is 18.2 Å². The lowest BCUT2D eigenvalue weighted by atomic mass is 10.1. The highest BCUT2D eigenvalue weighted by Crippen LogP contribution is 2.20. The van der Waals surface area contributed by atoms with E-state index >= 15 is 0 Å². The minimum Gasteiger partial charge on any atom is -0.496 e. The van der Waals surface area contributed by atoms with Gasteiger partial charge >= 0.3 is 0 Å². The molecule has 96 valence electrons. The number of aliphatic hydroxyl groups is 1. The van der Waals surface area contributed by atoms with Gasteiger partial charge in [0.25, 0.3) is 0 Å². The Morgan fingerprint density at radius 1 is 1.47 bits per heavy atom. The van der Waals surface area contributed by atoms with Crippen molar-refractivity contribution in [3.05, 3.63) is 29.3 Å². The molecular formula is C13H22N2O2. The van der Waals surface area contributed by atoms with E-state index in [4.69, 9.17) is 15.6 Å². The van der Waals surface area contributed by atoms with Gasteiger partial charge in [-0.2, -0.15) is 0 Å². The average molecular weight is 238 g/mol. The Balaban J connectivity index is 2.69. The van der Waals surface area contributed by atoms with Gasteiger partial charge in [-0.3, -0.25) is 0 Å². The largest absolute Gasteiger partial charge is 0.496 e. The average Bonchev–Trinajstić information content (AvgIpc) is 2.29. The van der Waals surface area contributed by atoms with Gasteiger partial charge in [-0.05, 0) is 20.0 Å². The number of benzene rings is 1. The van der Waals surface area contributed by atoms with Crippen LogP contribution in [0.2, 0.25) is 0 Å². The van der Waals surface area contributed by atoms with Crippen LogP contribution in [0.3, 0.4) is 0 Å². The number of aliphatic hydroxyl groups excluding tert-OH is 1. The number of aryl methyl sites for hydroxylation is 1. The van der Waals surface area contributed by atoms with E-state index in [0.717, 1.165) is 17.9 Å². The molecule has 0 saturated heterocycles. The summed E-state index contributed by atoms with van der Waals surface area (Å²) >= 11 is 0. The summed E-state index contributed by atoms with van der Waals surface area (Å²) in [6, 6.07) is 5.92.